The molecule has 4 nitrogen and oxygen atoms in total. The number of fused-ring (bicyclic) bond motifs is 1. The number of carbonyl (C=O) groups is 1. The van der Waals surface area contributed by atoms with Crippen molar-refractivity contribution in [3.05, 3.63) is 76.3 Å². The molecule has 1 aromatic heterocycles. The van der Waals surface area contributed by atoms with E-state index in [9.17, 15) is 4.79 Å². The van der Waals surface area contributed by atoms with Gasteiger partial charge < -0.3 is 14.9 Å². The van der Waals surface area contributed by atoms with Crippen LogP contribution in [-0.4, -0.2) is 13.1 Å². The number of nitrogens with two attached hydrogens (primary N) is 1. The predicted molar refractivity (Wildman–Crippen MR) is 117 cm³/mol. The summed E-state index contributed by atoms with van der Waals surface area (Å²) in [5.74, 6) is 0.247. The predicted octanol–water partition coefficient (Wildman–Crippen LogP) is 6.41. The molecule has 146 valence electrons. The van der Waals surface area contributed by atoms with E-state index in [0.717, 1.165) is 38.9 Å². The van der Waals surface area contributed by atoms with E-state index in [-0.39, 0.29) is 0 Å². The lowest BCUT2D eigenvalue weighted by Crippen LogP contribution is -2.00. The van der Waals surface area contributed by atoms with E-state index in [1.54, 1.807) is 12.1 Å². The van der Waals surface area contributed by atoms with Crippen LogP contribution in [0.5, 0.6) is 0 Å². The van der Waals surface area contributed by atoms with E-state index in [2.05, 4.69) is 19.1 Å². The van der Waals surface area contributed by atoms with Crippen molar-refractivity contribution < 1.29 is 13.9 Å². The Bertz CT molecular complexity index is 1260. The van der Waals surface area contributed by atoms with E-state index in [1.165, 1.54) is 7.11 Å². The summed E-state index contributed by atoms with van der Waals surface area (Å²) in [5, 5.41) is 1.12. The third kappa shape index (κ3) is 3.26. The fourth-order valence-electron chi connectivity index (χ4n) is 3.62. The monoisotopic (exact) mass is 405 g/mol. The van der Waals surface area contributed by atoms with Gasteiger partial charge in [-0.2, -0.15) is 0 Å². The van der Waals surface area contributed by atoms with Gasteiger partial charge in [-0.15, -0.1) is 0 Å². The van der Waals surface area contributed by atoms with Gasteiger partial charge in [-0.05, 0) is 60.4 Å². The summed E-state index contributed by atoms with van der Waals surface area (Å²) in [6, 6.07) is 17.2. The van der Waals surface area contributed by atoms with E-state index < -0.39 is 5.97 Å². The number of anilines is 1. The molecule has 4 rings (SSSR count). The maximum Gasteiger partial charge on any atom is 0.337 e. The zero-order valence-corrected chi connectivity index (χ0v) is 17.1. The maximum absolute atomic E-state index is 11.9. The standard InChI is InChI=1S/C24H20ClNO3/c1-13-17(18-7-5-9-21(26)14(18)2)6-4-8-19(13)22-12-15-10-16(24(27)28-3)11-20(25)23(15)29-22/h4-12H,26H2,1-3H3. The molecule has 1 heterocycles. The molecule has 0 aliphatic rings. The summed E-state index contributed by atoms with van der Waals surface area (Å²) in [6.07, 6.45) is 0. The lowest BCUT2D eigenvalue weighted by molar-refractivity contribution is 0.0601. The first-order chi connectivity index (χ1) is 13.9. The average molecular weight is 406 g/mol. The number of furan rings is 1. The zero-order chi connectivity index (χ0) is 20.7. The van der Waals surface area contributed by atoms with Crippen LogP contribution < -0.4 is 5.73 Å². The zero-order valence-electron chi connectivity index (χ0n) is 16.4. The second-order valence-corrected chi connectivity index (χ2v) is 7.38. The Morgan fingerprint density at radius 1 is 0.966 bits per heavy atom. The highest BCUT2D eigenvalue weighted by Gasteiger charge is 2.17. The van der Waals surface area contributed by atoms with Crippen molar-refractivity contribution in [2.24, 2.45) is 0 Å². The number of hydrogen-bond acceptors (Lipinski definition) is 4. The van der Waals surface area contributed by atoms with Crippen LogP contribution in [0.2, 0.25) is 5.02 Å². The van der Waals surface area contributed by atoms with E-state index in [4.69, 9.17) is 26.5 Å². The van der Waals surface area contributed by atoms with Crippen molar-refractivity contribution in [2.45, 2.75) is 13.8 Å². The summed E-state index contributed by atoms with van der Waals surface area (Å²) < 4.78 is 10.9. The quantitative estimate of drug-likeness (QED) is 0.316. The van der Waals surface area contributed by atoms with Crippen molar-refractivity contribution in [3.63, 3.8) is 0 Å². The van der Waals surface area contributed by atoms with Crippen LogP contribution in [-0.2, 0) is 4.74 Å². The number of ether oxygens (including phenoxy) is 1. The van der Waals surface area contributed by atoms with Gasteiger partial charge in [0.15, 0.2) is 5.58 Å². The normalized spacial score (nSPS) is 11.0. The summed E-state index contributed by atoms with van der Waals surface area (Å²) in [6.45, 7) is 4.08. The Kier molecular flexibility index (Phi) is 4.81. The number of rotatable bonds is 3. The van der Waals surface area contributed by atoms with Gasteiger partial charge in [-0.1, -0.05) is 41.9 Å². The van der Waals surface area contributed by atoms with Crippen molar-refractivity contribution in [1.29, 1.82) is 0 Å². The van der Waals surface area contributed by atoms with Crippen molar-refractivity contribution in [1.82, 2.24) is 0 Å². The topological polar surface area (TPSA) is 65.5 Å². The van der Waals surface area contributed by atoms with Gasteiger partial charge in [0.2, 0.25) is 0 Å². The van der Waals surface area contributed by atoms with Gasteiger partial charge in [-0.25, -0.2) is 4.79 Å². The lowest BCUT2D eigenvalue weighted by Gasteiger charge is -2.13. The minimum absolute atomic E-state index is 0.370. The van der Waals surface area contributed by atoms with E-state index in [0.29, 0.717) is 21.9 Å². The third-order valence-electron chi connectivity index (χ3n) is 5.26. The number of hydrogen-bond donors (Lipinski definition) is 1. The highest BCUT2D eigenvalue weighted by atomic mass is 35.5. The molecule has 0 radical (unpaired) electrons. The summed E-state index contributed by atoms with van der Waals surface area (Å²) in [7, 11) is 1.34. The molecule has 5 heteroatoms. The molecular formula is C24H20ClNO3. The molecule has 0 fully saturated rings. The first-order valence-electron chi connectivity index (χ1n) is 9.17. The molecule has 29 heavy (non-hydrogen) atoms. The van der Waals surface area contributed by atoms with Crippen molar-refractivity contribution in [2.75, 3.05) is 12.8 Å². The highest BCUT2D eigenvalue weighted by Crippen LogP contribution is 2.38. The van der Waals surface area contributed by atoms with E-state index >= 15 is 0 Å². The molecule has 0 aliphatic carbocycles. The molecule has 0 saturated carbocycles. The van der Waals surface area contributed by atoms with E-state index in [1.807, 2.05) is 37.3 Å². The molecule has 0 unspecified atom stereocenters. The van der Waals surface area contributed by atoms with Crippen molar-refractivity contribution in [3.8, 4) is 22.5 Å². The Hall–Kier alpha value is -3.24. The van der Waals surface area contributed by atoms with Crippen molar-refractivity contribution >= 4 is 34.2 Å². The highest BCUT2D eigenvalue weighted by molar-refractivity contribution is 6.35. The first kappa shape index (κ1) is 19.1. The first-order valence-corrected chi connectivity index (χ1v) is 9.55. The van der Waals surface area contributed by atoms with Crippen LogP contribution in [0.15, 0.2) is 59.0 Å². The van der Waals surface area contributed by atoms with Crippen LogP contribution >= 0.6 is 11.6 Å². The number of carbonyl (C=O) groups excluding carboxylic acids is 1. The molecule has 2 N–H and O–H groups in total. The smallest absolute Gasteiger partial charge is 0.337 e. The number of benzene rings is 3. The van der Waals surface area contributed by atoms with Gasteiger partial charge in [-0.3, -0.25) is 0 Å². The molecular weight excluding hydrogens is 386 g/mol. The lowest BCUT2D eigenvalue weighted by atomic mass is 9.92. The SMILES string of the molecule is COC(=O)c1cc(Cl)c2oc(-c3cccc(-c4cccc(N)c4C)c3C)cc2c1. The van der Waals surface area contributed by atoms with Crippen LogP contribution in [0.25, 0.3) is 33.4 Å². The van der Waals surface area contributed by atoms with Gasteiger partial charge in [0.25, 0.3) is 0 Å². The molecule has 0 spiro atoms. The Morgan fingerprint density at radius 2 is 1.62 bits per heavy atom. The second-order valence-electron chi connectivity index (χ2n) is 6.98. The number of nitrogen functional groups attached to an aromatic ring is 1. The third-order valence-corrected chi connectivity index (χ3v) is 5.54. The Labute approximate surface area is 173 Å². The van der Waals surface area contributed by atoms with Crippen LogP contribution in [0.3, 0.4) is 0 Å². The molecule has 0 bridgehead atoms. The Balaban J connectivity index is 1.87. The minimum atomic E-state index is -0.438. The molecule has 0 saturated heterocycles. The van der Waals surface area contributed by atoms with Crippen LogP contribution in [0.4, 0.5) is 5.69 Å². The summed E-state index contributed by atoms with van der Waals surface area (Å²) >= 11 is 6.35. The van der Waals surface area contributed by atoms with Gasteiger partial charge in [0, 0.05) is 16.6 Å². The Morgan fingerprint density at radius 3 is 2.34 bits per heavy atom. The van der Waals surface area contributed by atoms with Crippen LogP contribution in [0.1, 0.15) is 21.5 Å². The largest absolute Gasteiger partial charge is 0.465 e. The average Bonchev–Trinajstić information content (AvgIpc) is 3.14. The fraction of sp³-hybridized carbons (Fsp3) is 0.125. The number of methoxy groups -OCH3 is 1. The number of halogens is 1. The summed E-state index contributed by atoms with van der Waals surface area (Å²) in [5.41, 5.74) is 13.0. The fourth-order valence-corrected chi connectivity index (χ4v) is 3.88. The van der Waals surface area contributed by atoms with Gasteiger partial charge in [0.05, 0.1) is 17.7 Å². The second kappa shape index (κ2) is 7.30. The number of esters is 1. The molecule has 3 aromatic carbocycles. The maximum atomic E-state index is 11.9. The molecule has 0 atom stereocenters. The molecule has 0 amide bonds. The summed E-state index contributed by atoms with van der Waals surface area (Å²) in [4.78, 5) is 11.9. The molecule has 0 aliphatic heterocycles. The van der Waals surface area contributed by atoms with Crippen LogP contribution in [0, 0.1) is 13.8 Å². The molecule has 4 aromatic rings. The minimum Gasteiger partial charge on any atom is -0.465 e. The van der Waals surface area contributed by atoms with Gasteiger partial charge in [0.1, 0.15) is 5.76 Å². The van der Waals surface area contributed by atoms with Gasteiger partial charge >= 0.3 is 5.97 Å².